The fraction of sp³-hybridized carbons (Fsp3) is 0.400. The van der Waals surface area contributed by atoms with Crippen LogP contribution < -0.4 is 0 Å². The molecular formula is C10H13ClO2S. The minimum absolute atomic E-state index is 0.215. The summed E-state index contributed by atoms with van der Waals surface area (Å²) in [5.74, 6) is 0.215. The molecule has 4 heteroatoms. The van der Waals surface area contributed by atoms with Crippen molar-refractivity contribution < 1.29 is 10.2 Å². The average Bonchev–Trinajstić information content (AvgIpc) is 2.20. The molecule has 2 atom stereocenters. The Kier molecular flexibility index (Phi) is 4.26. The van der Waals surface area contributed by atoms with Gasteiger partial charge in [-0.25, -0.2) is 0 Å². The predicted octanol–water partition coefficient (Wildman–Crippen LogP) is 1.97. The van der Waals surface area contributed by atoms with Gasteiger partial charge in [0.1, 0.15) is 6.10 Å². The summed E-state index contributed by atoms with van der Waals surface area (Å²) in [4.78, 5) is 0. The van der Waals surface area contributed by atoms with Gasteiger partial charge in [0.05, 0.1) is 6.10 Å². The maximum atomic E-state index is 9.65. The number of hydrogen-bond acceptors (Lipinski definition) is 3. The van der Waals surface area contributed by atoms with E-state index in [1.807, 2.05) is 13.0 Å². The van der Waals surface area contributed by atoms with Crippen molar-refractivity contribution in [2.75, 3.05) is 5.75 Å². The third-order valence-electron chi connectivity index (χ3n) is 2.09. The molecule has 1 aromatic rings. The molecule has 0 saturated heterocycles. The van der Waals surface area contributed by atoms with Crippen LogP contribution in [0, 0.1) is 6.92 Å². The minimum atomic E-state index is -0.925. The lowest BCUT2D eigenvalue weighted by Gasteiger charge is -2.16. The number of hydrogen-bond donors (Lipinski definition) is 3. The molecule has 0 aliphatic carbocycles. The summed E-state index contributed by atoms with van der Waals surface area (Å²) in [6, 6.07) is 5.22. The van der Waals surface area contributed by atoms with Crippen molar-refractivity contribution in [3.63, 3.8) is 0 Å². The van der Waals surface area contributed by atoms with E-state index >= 15 is 0 Å². The van der Waals surface area contributed by atoms with E-state index in [0.717, 1.165) is 5.56 Å². The standard InChI is InChI=1S/C10H13ClO2S/c1-6-2-3-7(4-8(6)11)10(13)9(12)5-14/h2-4,9-10,12-14H,5H2,1H3. The van der Waals surface area contributed by atoms with Gasteiger partial charge in [-0.15, -0.1) is 0 Å². The molecule has 2 nitrogen and oxygen atoms in total. The van der Waals surface area contributed by atoms with Crippen LogP contribution in [0.25, 0.3) is 0 Å². The topological polar surface area (TPSA) is 40.5 Å². The zero-order valence-corrected chi connectivity index (χ0v) is 9.46. The van der Waals surface area contributed by atoms with Crippen LogP contribution in [0.15, 0.2) is 18.2 Å². The first kappa shape index (κ1) is 11.9. The molecule has 0 heterocycles. The first-order chi connectivity index (χ1) is 6.56. The summed E-state index contributed by atoms with van der Waals surface area (Å²) in [7, 11) is 0. The lowest BCUT2D eigenvalue weighted by molar-refractivity contribution is 0.0337. The number of thiol groups is 1. The van der Waals surface area contributed by atoms with Gasteiger partial charge in [-0.2, -0.15) is 12.6 Å². The molecule has 0 aromatic heterocycles. The van der Waals surface area contributed by atoms with E-state index in [4.69, 9.17) is 11.6 Å². The molecular weight excluding hydrogens is 220 g/mol. The Labute approximate surface area is 93.9 Å². The highest BCUT2D eigenvalue weighted by atomic mass is 35.5. The van der Waals surface area contributed by atoms with E-state index < -0.39 is 12.2 Å². The lowest BCUT2D eigenvalue weighted by Crippen LogP contribution is -2.19. The van der Waals surface area contributed by atoms with Crippen molar-refractivity contribution >= 4 is 24.2 Å². The molecule has 1 aromatic carbocycles. The molecule has 0 amide bonds. The van der Waals surface area contributed by atoms with Gasteiger partial charge in [0, 0.05) is 10.8 Å². The van der Waals surface area contributed by atoms with E-state index in [9.17, 15) is 10.2 Å². The highest BCUT2D eigenvalue weighted by molar-refractivity contribution is 7.80. The van der Waals surface area contributed by atoms with Crippen LogP contribution in [0.2, 0.25) is 5.02 Å². The smallest absolute Gasteiger partial charge is 0.106 e. The molecule has 0 aliphatic heterocycles. The summed E-state index contributed by atoms with van der Waals surface area (Å²) in [6.07, 6.45) is -1.79. The third-order valence-corrected chi connectivity index (χ3v) is 2.87. The molecule has 0 aliphatic rings. The number of benzene rings is 1. The van der Waals surface area contributed by atoms with Crippen LogP contribution in [0.5, 0.6) is 0 Å². The van der Waals surface area contributed by atoms with E-state index in [0.29, 0.717) is 10.6 Å². The molecule has 0 spiro atoms. The van der Waals surface area contributed by atoms with Crippen LogP contribution >= 0.6 is 24.2 Å². The van der Waals surface area contributed by atoms with E-state index in [2.05, 4.69) is 12.6 Å². The van der Waals surface area contributed by atoms with Crippen molar-refractivity contribution in [1.82, 2.24) is 0 Å². The van der Waals surface area contributed by atoms with E-state index in [1.54, 1.807) is 12.1 Å². The van der Waals surface area contributed by atoms with Crippen LogP contribution in [0.3, 0.4) is 0 Å². The number of aryl methyl sites for hydroxylation is 1. The largest absolute Gasteiger partial charge is 0.389 e. The van der Waals surface area contributed by atoms with Crippen molar-refractivity contribution in [1.29, 1.82) is 0 Å². The number of aliphatic hydroxyl groups is 2. The fourth-order valence-electron chi connectivity index (χ4n) is 1.12. The minimum Gasteiger partial charge on any atom is -0.389 e. The van der Waals surface area contributed by atoms with Gasteiger partial charge in [0.2, 0.25) is 0 Å². The van der Waals surface area contributed by atoms with Crippen molar-refractivity contribution in [3.05, 3.63) is 34.3 Å². The Hall–Kier alpha value is -0.220. The molecule has 14 heavy (non-hydrogen) atoms. The van der Waals surface area contributed by atoms with Crippen molar-refractivity contribution in [3.8, 4) is 0 Å². The summed E-state index contributed by atoms with van der Waals surface area (Å²) >= 11 is 9.80. The van der Waals surface area contributed by atoms with Crippen LogP contribution in [-0.4, -0.2) is 22.1 Å². The zero-order valence-electron chi connectivity index (χ0n) is 7.81. The zero-order chi connectivity index (χ0) is 10.7. The molecule has 78 valence electrons. The molecule has 0 bridgehead atoms. The van der Waals surface area contributed by atoms with E-state index in [-0.39, 0.29) is 5.75 Å². The monoisotopic (exact) mass is 232 g/mol. The fourth-order valence-corrected chi connectivity index (χ4v) is 1.50. The molecule has 0 saturated carbocycles. The summed E-state index contributed by atoms with van der Waals surface area (Å²) < 4.78 is 0. The highest BCUT2D eigenvalue weighted by Gasteiger charge is 2.17. The molecule has 1 rings (SSSR count). The normalized spacial score (nSPS) is 15.2. The molecule has 2 N–H and O–H groups in total. The Balaban J connectivity index is 2.91. The average molecular weight is 233 g/mol. The maximum Gasteiger partial charge on any atom is 0.106 e. The second kappa shape index (κ2) is 5.03. The summed E-state index contributed by atoms with van der Waals surface area (Å²) in [6.45, 7) is 1.88. The number of aliphatic hydroxyl groups excluding tert-OH is 2. The second-order valence-electron chi connectivity index (χ2n) is 3.20. The van der Waals surface area contributed by atoms with Gasteiger partial charge >= 0.3 is 0 Å². The molecule has 0 radical (unpaired) electrons. The maximum absolute atomic E-state index is 9.65. The number of halogens is 1. The van der Waals surface area contributed by atoms with E-state index in [1.165, 1.54) is 0 Å². The van der Waals surface area contributed by atoms with Gasteiger partial charge in [0.15, 0.2) is 0 Å². The number of rotatable bonds is 3. The molecule has 0 fully saturated rings. The summed E-state index contributed by atoms with van der Waals surface area (Å²) in [5.41, 5.74) is 1.56. The Morgan fingerprint density at radius 3 is 2.57 bits per heavy atom. The molecule has 2 unspecified atom stereocenters. The van der Waals surface area contributed by atoms with Crippen LogP contribution in [0.4, 0.5) is 0 Å². The quantitative estimate of drug-likeness (QED) is 0.698. The SMILES string of the molecule is Cc1ccc(C(O)C(O)CS)cc1Cl. The predicted molar refractivity (Wildman–Crippen MR) is 61.0 cm³/mol. The Morgan fingerprint density at radius 2 is 2.07 bits per heavy atom. The first-order valence-electron chi connectivity index (χ1n) is 4.29. The Morgan fingerprint density at radius 1 is 1.43 bits per heavy atom. The van der Waals surface area contributed by atoms with Gasteiger partial charge < -0.3 is 10.2 Å². The van der Waals surface area contributed by atoms with Crippen molar-refractivity contribution in [2.24, 2.45) is 0 Å². The first-order valence-corrected chi connectivity index (χ1v) is 5.30. The second-order valence-corrected chi connectivity index (χ2v) is 3.98. The highest BCUT2D eigenvalue weighted by Crippen LogP contribution is 2.23. The lowest BCUT2D eigenvalue weighted by atomic mass is 10.0. The van der Waals surface area contributed by atoms with Gasteiger partial charge in [0.25, 0.3) is 0 Å². The van der Waals surface area contributed by atoms with Gasteiger partial charge in [-0.1, -0.05) is 23.7 Å². The van der Waals surface area contributed by atoms with Gasteiger partial charge in [-0.3, -0.25) is 0 Å². The Bertz CT molecular complexity index is 317. The van der Waals surface area contributed by atoms with Crippen LogP contribution in [-0.2, 0) is 0 Å². The summed E-state index contributed by atoms with van der Waals surface area (Å²) in [5, 5.41) is 19.6. The van der Waals surface area contributed by atoms with Crippen molar-refractivity contribution in [2.45, 2.75) is 19.1 Å². The van der Waals surface area contributed by atoms with Gasteiger partial charge in [-0.05, 0) is 24.1 Å². The third kappa shape index (κ3) is 2.64. The van der Waals surface area contributed by atoms with Crippen LogP contribution in [0.1, 0.15) is 17.2 Å².